The molecule has 1 unspecified atom stereocenters. The van der Waals surface area contributed by atoms with Crippen molar-refractivity contribution in [2.24, 2.45) is 0 Å². The molecule has 0 aliphatic rings. The molecule has 15 heavy (non-hydrogen) atoms. The zero-order valence-electron chi connectivity index (χ0n) is 8.40. The summed E-state index contributed by atoms with van der Waals surface area (Å²) in [4.78, 5) is 0. The molecule has 0 heterocycles. The van der Waals surface area contributed by atoms with Gasteiger partial charge in [0.05, 0.1) is 19.3 Å². The van der Waals surface area contributed by atoms with E-state index in [0.29, 0.717) is 13.0 Å². The Labute approximate surface area is 97.8 Å². The molecule has 0 aliphatic heterocycles. The van der Waals surface area contributed by atoms with Gasteiger partial charge in [0.25, 0.3) is 0 Å². The van der Waals surface area contributed by atoms with Crippen LogP contribution in [0.2, 0.25) is 0 Å². The quantitative estimate of drug-likeness (QED) is 0.780. The number of aliphatic hydroxyl groups is 2. The molecule has 1 aromatic rings. The Morgan fingerprint density at radius 3 is 2.53 bits per heavy atom. The first-order chi connectivity index (χ1) is 7.22. The molecule has 0 radical (unpaired) electrons. The van der Waals surface area contributed by atoms with Crippen LogP contribution in [0.5, 0.6) is 5.75 Å². The summed E-state index contributed by atoms with van der Waals surface area (Å²) in [6.45, 7) is 0.372. The van der Waals surface area contributed by atoms with E-state index in [1.54, 1.807) is 0 Å². The van der Waals surface area contributed by atoms with E-state index in [0.717, 1.165) is 16.6 Å². The zero-order chi connectivity index (χ0) is 11.1. The number of benzene rings is 1. The maximum Gasteiger partial charge on any atom is 0.119 e. The number of rotatable bonds is 6. The van der Waals surface area contributed by atoms with E-state index >= 15 is 0 Å². The summed E-state index contributed by atoms with van der Waals surface area (Å²) < 4.78 is 6.46. The predicted molar refractivity (Wildman–Crippen MR) is 62.0 cm³/mol. The van der Waals surface area contributed by atoms with Gasteiger partial charge in [0.2, 0.25) is 0 Å². The van der Waals surface area contributed by atoms with Crippen LogP contribution < -0.4 is 4.74 Å². The summed E-state index contributed by atoms with van der Waals surface area (Å²) >= 11 is 3.34. The molecule has 0 fully saturated rings. The molecule has 0 spiro atoms. The number of hydrogen-bond acceptors (Lipinski definition) is 3. The average Bonchev–Trinajstić information content (AvgIpc) is 2.26. The Morgan fingerprint density at radius 1 is 1.27 bits per heavy atom. The van der Waals surface area contributed by atoms with Gasteiger partial charge in [-0.05, 0) is 37.1 Å². The predicted octanol–water partition coefficient (Wildman–Crippen LogP) is 1.96. The van der Waals surface area contributed by atoms with Gasteiger partial charge in [-0.25, -0.2) is 0 Å². The topological polar surface area (TPSA) is 49.7 Å². The van der Waals surface area contributed by atoms with Crippen molar-refractivity contribution in [2.75, 3.05) is 13.2 Å². The standard InChI is InChI=1S/C11H15BrO3/c12-9-3-5-11(6-4-9)15-7-1-2-10(14)8-13/h3-6,10,13-14H,1-2,7-8H2. The van der Waals surface area contributed by atoms with E-state index in [-0.39, 0.29) is 6.61 Å². The van der Waals surface area contributed by atoms with Crippen molar-refractivity contribution in [2.45, 2.75) is 18.9 Å². The zero-order valence-corrected chi connectivity index (χ0v) is 9.98. The van der Waals surface area contributed by atoms with Crippen molar-refractivity contribution in [3.05, 3.63) is 28.7 Å². The molecule has 4 heteroatoms. The third kappa shape index (κ3) is 5.16. The van der Waals surface area contributed by atoms with E-state index in [1.165, 1.54) is 0 Å². The number of hydrogen-bond donors (Lipinski definition) is 2. The van der Waals surface area contributed by atoms with Gasteiger partial charge in [-0.1, -0.05) is 15.9 Å². The normalized spacial score (nSPS) is 12.5. The van der Waals surface area contributed by atoms with Gasteiger partial charge >= 0.3 is 0 Å². The first kappa shape index (κ1) is 12.5. The molecule has 1 aromatic carbocycles. The smallest absolute Gasteiger partial charge is 0.119 e. The van der Waals surface area contributed by atoms with Crippen molar-refractivity contribution in [3.63, 3.8) is 0 Å². The molecule has 1 rings (SSSR count). The molecule has 0 amide bonds. The highest BCUT2D eigenvalue weighted by Crippen LogP contribution is 2.16. The molecule has 0 saturated heterocycles. The second-order valence-corrected chi connectivity index (χ2v) is 4.20. The highest BCUT2D eigenvalue weighted by molar-refractivity contribution is 9.10. The monoisotopic (exact) mass is 274 g/mol. The van der Waals surface area contributed by atoms with Crippen LogP contribution in [-0.2, 0) is 0 Å². The summed E-state index contributed by atoms with van der Waals surface area (Å²) in [7, 11) is 0. The lowest BCUT2D eigenvalue weighted by Crippen LogP contribution is -2.13. The first-order valence-corrected chi connectivity index (χ1v) is 5.69. The second kappa shape index (κ2) is 6.82. The third-order valence-electron chi connectivity index (χ3n) is 1.97. The van der Waals surface area contributed by atoms with Gasteiger partial charge in [0.1, 0.15) is 5.75 Å². The minimum Gasteiger partial charge on any atom is -0.494 e. The Morgan fingerprint density at radius 2 is 1.93 bits per heavy atom. The number of halogens is 1. The number of aliphatic hydroxyl groups excluding tert-OH is 2. The maximum absolute atomic E-state index is 9.08. The van der Waals surface area contributed by atoms with Crippen molar-refractivity contribution < 1.29 is 14.9 Å². The average molecular weight is 275 g/mol. The fourth-order valence-electron chi connectivity index (χ4n) is 1.13. The van der Waals surface area contributed by atoms with Crippen molar-refractivity contribution in [1.82, 2.24) is 0 Å². The summed E-state index contributed by atoms with van der Waals surface area (Å²) in [5, 5.41) is 17.7. The van der Waals surface area contributed by atoms with Crippen LogP contribution in [0.3, 0.4) is 0 Å². The minimum absolute atomic E-state index is 0.182. The Kier molecular flexibility index (Phi) is 5.68. The summed E-state index contributed by atoms with van der Waals surface area (Å²) in [5.41, 5.74) is 0. The molecular formula is C11H15BrO3. The van der Waals surface area contributed by atoms with Crippen LogP contribution in [0.1, 0.15) is 12.8 Å². The van der Waals surface area contributed by atoms with Crippen LogP contribution >= 0.6 is 15.9 Å². The Bertz CT molecular complexity index is 274. The van der Waals surface area contributed by atoms with Crippen LogP contribution in [0.15, 0.2) is 28.7 Å². The Balaban J connectivity index is 2.17. The summed E-state index contributed by atoms with van der Waals surface area (Å²) in [5.74, 6) is 0.816. The molecule has 3 nitrogen and oxygen atoms in total. The fraction of sp³-hybridized carbons (Fsp3) is 0.455. The van der Waals surface area contributed by atoms with E-state index < -0.39 is 6.10 Å². The van der Waals surface area contributed by atoms with E-state index in [4.69, 9.17) is 14.9 Å². The summed E-state index contributed by atoms with van der Waals surface area (Å²) in [6.07, 6.45) is 0.670. The highest BCUT2D eigenvalue weighted by Gasteiger charge is 2.01. The van der Waals surface area contributed by atoms with E-state index in [9.17, 15) is 0 Å². The van der Waals surface area contributed by atoms with E-state index in [1.807, 2.05) is 24.3 Å². The maximum atomic E-state index is 9.08. The summed E-state index contributed by atoms with van der Waals surface area (Å²) in [6, 6.07) is 7.59. The first-order valence-electron chi connectivity index (χ1n) is 4.89. The van der Waals surface area contributed by atoms with Crippen molar-refractivity contribution in [3.8, 4) is 5.75 Å². The van der Waals surface area contributed by atoms with Gasteiger partial charge in [-0.15, -0.1) is 0 Å². The molecule has 2 N–H and O–H groups in total. The van der Waals surface area contributed by atoms with Gasteiger partial charge in [-0.3, -0.25) is 0 Å². The molecule has 0 aliphatic carbocycles. The fourth-order valence-corrected chi connectivity index (χ4v) is 1.40. The SMILES string of the molecule is OCC(O)CCCOc1ccc(Br)cc1. The van der Waals surface area contributed by atoms with E-state index in [2.05, 4.69) is 15.9 Å². The molecule has 0 bridgehead atoms. The van der Waals surface area contributed by atoms with Gasteiger partial charge in [0, 0.05) is 4.47 Å². The van der Waals surface area contributed by atoms with Crippen LogP contribution in [0, 0.1) is 0 Å². The molecular weight excluding hydrogens is 260 g/mol. The number of ether oxygens (including phenoxy) is 1. The second-order valence-electron chi connectivity index (χ2n) is 3.28. The lowest BCUT2D eigenvalue weighted by atomic mass is 10.2. The third-order valence-corrected chi connectivity index (χ3v) is 2.50. The highest BCUT2D eigenvalue weighted by atomic mass is 79.9. The minimum atomic E-state index is -0.626. The largest absolute Gasteiger partial charge is 0.494 e. The Hall–Kier alpha value is -0.580. The van der Waals surface area contributed by atoms with Crippen molar-refractivity contribution >= 4 is 15.9 Å². The van der Waals surface area contributed by atoms with Crippen LogP contribution in [-0.4, -0.2) is 29.5 Å². The van der Waals surface area contributed by atoms with Gasteiger partial charge < -0.3 is 14.9 Å². The van der Waals surface area contributed by atoms with Gasteiger partial charge in [-0.2, -0.15) is 0 Å². The van der Waals surface area contributed by atoms with Gasteiger partial charge in [0.15, 0.2) is 0 Å². The molecule has 0 saturated carbocycles. The molecule has 84 valence electrons. The van der Waals surface area contributed by atoms with Crippen LogP contribution in [0.25, 0.3) is 0 Å². The lowest BCUT2D eigenvalue weighted by Gasteiger charge is -2.08. The molecule has 1 atom stereocenters. The van der Waals surface area contributed by atoms with Crippen LogP contribution in [0.4, 0.5) is 0 Å². The lowest BCUT2D eigenvalue weighted by molar-refractivity contribution is 0.0828. The molecule has 0 aromatic heterocycles. The van der Waals surface area contributed by atoms with Crippen molar-refractivity contribution in [1.29, 1.82) is 0 Å².